The quantitative estimate of drug-likeness (QED) is 0.451. The van der Waals surface area contributed by atoms with Gasteiger partial charge in [-0.15, -0.1) is 0 Å². The van der Waals surface area contributed by atoms with E-state index in [2.05, 4.69) is 9.97 Å². The third-order valence-electron chi connectivity index (χ3n) is 2.21. The molecule has 2 N–H and O–H groups in total. The Morgan fingerprint density at radius 2 is 2.21 bits per heavy atom. The minimum absolute atomic E-state index is 0.136. The second kappa shape index (κ2) is 2.40. The van der Waals surface area contributed by atoms with Gasteiger partial charge in [0.15, 0.2) is 11.5 Å². The number of carbonyl (C=O) groups is 2. The molecule has 1 unspecified atom stereocenters. The van der Waals surface area contributed by atoms with Gasteiger partial charge in [-0.2, -0.15) is 5.21 Å². The molecule has 7 nitrogen and oxygen atoms in total. The van der Waals surface area contributed by atoms with Gasteiger partial charge in [-0.05, 0) is 4.65 Å². The first kappa shape index (κ1) is 8.85. The highest BCUT2D eigenvalue weighted by Gasteiger charge is 2.51. The number of hydrogen-bond acceptors (Lipinski definition) is 4. The summed E-state index contributed by atoms with van der Waals surface area (Å²) in [5, 5.41) is 9.60. The van der Waals surface area contributed by atoms with Crippen molar-refractivity contribution >= 4 is 17.8 Å². The minimum atomic E-state index is -1.31. The number of fused-ring (bicyclic) bond motifs is 1. The van der Waals surface area contributed by atoms with Crippen LogP contribution >= 0.6 is 0 Å². The van der Waals surface area contributed by atoms with Gasteiger partial charge in [0.1, 0.15) is 7.05 Å². The number of imide groups is 1. The van der Waals surface area contributed by atoms with Crippen LogP contribution in [0.5, 0.6) is 0 Å². The Bertz CT molecular complexity index is 422. The number of nitrogens with one attached hydrogen (secondary N) is 1. The lowest BCUT2D eigenvalue weighted by Gasteiger charge is -2.28. The fraction of sp³-hybridized carbons (Fsp3) is 0.286. The molecule has 2 heterocycles. The summed E-state index contributed by atoms with van der Waals surface area (Å²) in [4.78, 5) is 30.6. The summed E-state index contributed by atoms with van der Waals surface area (Å²) in [6.45, 7) is 0. The zero-order chi connectivity index (χ0) is 10.5. The van der Waals surface area contributed by atoms with Crippen molar-refractivity contribution in [1.82, 2.24) is 9.97 Å². The molecule has 74 valence electrons. The normalized spacial score (nSPS) is 26.6. The highest BCUT2D eigenvalue weighted by atomic mass is 16.6. The number of imidazole rings is 1. The molecule has 0 spiro atoms. The van der Waals surface area contributed by atoms with Crippen LogP contribution in [0.2, 0.25) is 0 Å². The number of aromatic nitrogens is 2. The van der Waals surface area contributed by atoms with Gasteiger partial charge in [0.25, 0.3) is 0 Å². The van der Waals surface area contributed by atoms with E-state index in [1.807, 2.05) is 0 Å². The van der Waals surface area contributed by atoms with Crippen molar-refractivity contribution < 1.29 is 19.4 Å². The van der Waals surface area contributed by atoms with Crippen LogP contribution in [-0.4, -0.2) is 45.9 Å². The van der Waals surface area contributed by atoms with Crippen LogP contribution in [0.3, 0.4) is 0 Å². The number of hydrogen-bond donors (Lipinski definition) is 2. The first-order valence-corrected chi connectivity index (χ1v) is 3.92. The summed E-state index contributed by atoms with van der Waals surface area (Å²) in [6, 6.07) is -0.727. The van der Waals surface area contributed by atoms with E-state index >= 15 is 0 Å². The van der Waals surface area contributed by atoms with Crippen LogP contribution in [0.25, 0.3) is 0 Å². The number of quaternary nitrogens is 1. The molecule has 1 aromatic rings. The SMILES string of the molecule is CN1C(=O)[N+](C)(O)C(=O)c2[nH]cnc21. The average molecular weight is 197 g/mol. The number of urea groups is 1. The van der Waals surface area contributed by atoms with E-state index in [0.29, 0.717) is 0 Å². The smallest absolute Gasteiger partial charge is 0.335 e. The van der Waals surface area contributed by atoms with Gasteiger partial charge in [-0.3, -0.25) is 0 Å². The van der Waals surface area contributed by atoms with Gasteiger partial charge in [-0.1, -0.05) is 0 Å². The van der Waals surface area contributed by atoms with Crippen LogP contribution in [0.15, 0.2) is 6.33 Å². The highest BCUT2D eigenvalue weighted by Crippen LogP contribution is 2.26. The molecule has 0 saturated heterocycles. The molecule has 0 bridgehead atoms. The molecule has 1 aliphatic rings. The van der Waals surface area contributed by atoms with E-state index in [0.717, 1.165) is 11.9 Å². The maximum absolute atomic E-state index is 11.6. The summed E-state index contributed by atoms with van der Waals surface area (Å²) >= 11 is 0. The molecule has 14 heavy (non-hydrogen) atoms. The van der Waals surface area contributed by atoms with Crippen molar-refractivity contribution in [3.05, 3.63) is 12.0 Å². The Labute approximate surface area is 79.1 Å². The van der Waals surface area contributed by atoms with Gasteiger partial charge in [0, 0.05) is 7.05 Å². The summed E-state index contributed by atoms with van der Waals surface area (Å²) in [6.07, 6.45) is 1.30. The second-order valence-electron chi connectivity index (χ2n) is 3.21. The van der Waals surface area contributed by atoms with Crippen molar-refractivity contribution in [2.75, 3.05) is 19.0 Å². The molecule has 0 radical (unpaired) electrons. The number of rotatable bonds is 0. The van der Waals surface area contributed by atoms with Gasteiger partial charge >= 0.3 is 11.9 Å². The monoisotopic (exact) mass is 197 g/mol. The standard InChI is InChI=1S/C7H8N4O3/c1-10-5-4(8-3-9-5)6(12)11(2,14)7(10)13/h3,14H,1-2H3/p+1. The van der Waals surface area contributed by atoms with Crippen LogP contribution < -0.4 is 4.90 Å². The predicted octanol–water partition coefficient (Wildman–Crippen LogP) is -0.0445. The van der Waals surface area contributed by atoms with Crippen LogP contribution in [0, 0.1) is 0 Å². The van der Waals surface area contributed by atoms with Gasteiger partial charge in [-0.25, -0.2) is 19.5 Å². The van der Waals surface area contributed by atoms with Crippen LogP contribution in [0.4, 0.5) is 10.6 Å². The first-order valence-electron chi connectivity index (χ1n) is 3.92. The highest BCUT2D eigenvalue weighted by molar-refractivity contribution is 6.06. The maximum Gasteiger partial charge on any atom is 0.464 e. The molecule has 1 atom stereocenters. The fourth-order valence-corrected chi connectivity index (χ4v) is 1.39. The molecule has 1 aromatic heterocycles. The summed E-state index contributed by atoms with van der Waals surface area (Å²) in [5.74, 6) is -0.467. The number of carbonyl (C=O) groups excluding carboxylic acids is 2. The van der Waals surface area contributed by atoms with E-state index in [4.69, 9.17) is 0 Å². The van der Waals surface area contributed by atoms with Crippen molar-refractivity contribution in [1.29, 1.82) is 0 Å². The topological polar surface area (TPSA) is 86.3 Å². The molecule has 3 amide bonds. The van der Waals surface area contributed by atoms with Crippen molar-refractivity contribution in [3.8, 4) is 0 Å². The van der Waals surface area contributed by atoms with Gasteiger partial charge in [0.05, 0.1) is 6.33 Å². The Morgan fingerprint density at radius 1 is 1.57 bits per heavy atom. The lowest BCUT2D eigenvalue weighted by Crippen LogP contribution is -2.59. The predicted molar refractivity (Wildman–Crippen MR) is 44.7 cm³/mol. The van der Waals surface area contributed by atoms with Gasteiger partial charge < -0.3 is 4.98 Å². The summed E-state index contributed by atoms with van der Waals surface area (Å²) < 4.78 is -1.31. The molecule has 1 aliphatic heterocycles. The lowest BCUT2D eigenvalue weighted by atomic mass is 10.3. The van der Waals surface area contributed by atoms with Gasteiger partial charge in [0.2, 0.25) is 0 Å². The number of nitrogens with zero attached hydrogens (tertiary/aromatic N) is 3. The largest absolute Gasteiger partial charge is 0.464 e. The number of H-pyrrole nitrogens is 1. The van der Waals surface area contributed by atoms with E-state index in [1.165, 1.54) is 13.4 Å². The third kappa shape index (κ3) is 0.847. The Balaban J connectivity index is 2.65. The third-order valence-corrected chi connectivity index (χ3v) is 2.21. The molecular weight excluding hydrogens is 188 g/mol. The summed E-state index contributed by atoms with van der Waals surface area (Å²) in [5.41, 5.74) is 0.136. The number of hydroxylamine groups is 3. The van der Waals surface area contributed by atoms with Crippen molar-refractivity contribution in [2.45, 2.75) is 0 Å². The maximum atomic E-state index is 11.6. The average Bonchev–Trinajstić information content (AvgIpc) is 2.60. The van der Waals surface area contributed by atoms with E-state index < -0.39 is 16.6 Å². The van der Waals surface area contributed by atoms with Crippen LogP contribution in [0.1, 0.15) is 10.5 Å². The van der Waals surface area contributed by atoms with Crippen molar-refractivity contribution in [3.63, 3.8) is 0 Å². The molecule has 0 aliphatic carbocycles. The second-order valence-corrected chi connectivity index (χ2v) is 3.21. The molecule has 7 heteroatoms. The molecule has 0 saturated carbocycles. The number of anilines is 1. The zero-order valence-electron chi connectivity index (χ0n) is 7.68. The number of amides is 3. The molecule has 0 aromatic carbocycles. The van der Waals surface area contributed by atoms with Crippen molar-refractivity contribution in [2.24, 2.45) is 0 Å². The Kier molecular flexibility index (Phi) is 1.52. The van der Waals surface area contributed by atoms with E-state index in [-0.39, 0.29) is 11.5 Å². The van der Waals surface area contributed by atoms with E-state index in [1.54, 1.807) is 0 Å². The Hall–Kier alpha value is -1.73. The minimum Gasteiger partial charge on any atom is -0.335 e. The molecular formula is C7H9N4O3+. The molecule has 0 fully saturated rings. The molecule has 2 rings (SSSR count). The Morgan fingerprint density at radius 3 is 2.86 bits per heavy atom. The fourth-order valence-electron chi connectivity index (χ4n) is 1.39. The number of aromatic amines is 1. The zero-order valence-corrected chi connectivity index (χ0v) is 7.68. The van der Waals surface area contributed by atoms with E-state index in [9.17, 15) is 14.8 Å². The van der Waals surface area contributed by atoms with Crippen LogP contribution in [-0.2, 0) is 0 Å². The lowest BCUT2D eigenvalue weighted by molar-refractivity contribution is -0.951. The summed E-state index contributed by atoms with van der Waals surface area (Å²) in [7, 11) is 2.56. The first-order chi connectivity index (χ1) is 6.46.